The molecule has 6 heteroatoms. The maximum absolute atomic E-state index is 10.8. The summed E-state index contributed by atoms with van der Waals surface area (Å²) < 4.78 is 30.3. The van der Waals surface area contributed by atoms with E-state index in [9.17, 15) is 13.2 Å². The Morgan fingerprint density at radius 3 is 2.60 bits per heavy atom. The van der Waals surface area contributed by atoms with Gasteiger partial charge in [0.05, 0.1) is 5.25 Å². The minimum absolute atomic E-state index is 0.159. The number of rotatable bonds is 6. The molecule has 0 spiro atoms. The Bertz CT molecular complexity index is 345. The molecule has 0 radical (unpaired) electrons. The lowest BCUT2D eigenvalue weighted by atomic mass is 10.2. The van der Waals surface area contributed by atoms with Crippen LogP contribution in [0, 0.1) is 0 Å². The van der Waals surface area contributed by atoms with Gasteiger partial charge in [-0.2, -0.15) is 8.42 Å². The van der Waals surface area contributed by atoms with Crippen molar-refractivity contribution in [1.82, 2.24) is 5.32 Å². The summed E-state index contributed by atoms with van der Waals surface area (Å²) in [6.07, 6.45) is 4.39. The molecule has 86 valence electrons. The number of nitrogens with one attached hydrogen (secondary N) is 1. The van der Waals surface area contributed by atoms with Gasteiger partial charge < -0.3 is 5.32 Å². The van der Waals surface area contributed by atoms with Gasteiger partial charge in [0, 0.05) is 6.20 Å². The minimum atomic E-state index is -4.01. The zero-order valence-corrected chi connectivity index (χ0v) is 9.33. The topological polar surface area (TPSA) is 83.5 Å². The maximum Gasteiger partial charge on any atom is 0.268 e. The van der Waals surface area contributed by atoms with Gasteiger partial charge in [-0.15, -0.1) is 0 Å². The highest BCUT2D eigenvalue weighted by molar-refractivity contribution is 7.86. The summed E-state index contributed by atoms with van der Waals surface area (Å²) in [5.41, 5.74) is 0. The van der Waals surface area contributed by atoms with Crippen molar-refractivity contribution in [3.63, 3.8) is 0 Å². The Labute approximate surface area is 89.6 Å². The third-order valence-electron chi connectivity index (χ3n) is 1.80. The monoisotopic (exact) mass is 233 g/mol. The van der Waals surface area contributed by atoms with Crippen molar-refractivity contribution in [2.75, 3.05) is 0 Å². The average Bonchev–Trinajstić information content (AvgIpc) is 2.15. The van der Waals surface area contributed by atoms with Crippen LogP contribution in [0.5, 0.6) is 0 Å². The largest absolute Gasteiger partial charge is 0.329 e. The van der Waals surface area contributed by atoms with Crippen molar-refractivity contribution >= 4 is 16.0 Å². The van der Waals surface area contributed by atoms with Gasteiger partial charge in [-0.1, -0.05) is 19.6 Å². The van der Waals surface area contributed by atoms with Gasteiger partial charge in [0.15, 0.2) is 0 Å². The number of carbonyl (C=O) groups is 1. The highest BCUT2D eigenvalue weighted by Gasteiger charge is 2.18. The van der Waals surface area contributed by atoms with E-state index in [-0.39, 0.29) is 12.3 Å². The second kappa shape index (κ2) is 6.36. The van der Waals surface area contributed by atoms with Crippen LogP contribution in [0.3, 0.4) is 0 Å². The lowest BCUT2D eigenvalue weighted by Gasteiger charge is -2.07. The van der Waals surface area contributed by atoms with Gasteiger partial charge in [-0.05, 0) is 18.9 Å². The van der Waals surface area contributed by atoms with Crippen LogP contribution < -0.4 is 5.32 Å². The molecule has 15 heavy (non-hydrogen) atoms. The molecule has 1 amide bonds. The lowest BCUT2D eigenvalue weighted by molar-refractivity contribution is -0.115. The maximum atomic E-state index is 10.8. The van der Waals surface area contributed by atoms with Crippen LogP contribution in [-0.4, -0.2) is 24.1 Å². The molecule has 0 bridgehead atoms. The highest BCUT2D eigenvalue weighted by atomic mass is 32.2. The van der Waals surface area contributed by atoms with E-state index in [0.717, 1.165) is 6.08 Å². The van der Waals surface area contributed by atoms with Crippen molar-refractivity contribution in [2.24, 2.45) is 0 Å². The number of amides is 1. The first-order chi connectivity index (χ1) is 6.91. The molecule has 0 saturated heterocycles. The third-order valence-corrected chi connectivity index (χ3v) is 3.17. The van der Waals surface area contributed by atoms with E-state index in [2.05, 4.69) is 11.9 Å². The SMILES string of the molecule is C=CC(=O)NC=CCC(CC)S(=O)(=O)O. The summed E-state index contributed by atoms with van der Waals surface area (Å²) in [7, 11) is -4.01. The molecule has 0 aliphatic carbocycles. The van der Waals surface area contributed by atoms with Crippen LogP contribution >= 0.6 is 0 Å². The molecule has 5 nitrogen and oxygen atoms in total. The number of allylic oxidation sites excluding steroid dienone is 1. The third kappa shape index (κ3) is 6.03. The highest BCUT2D eigenvalue weighted by Crippen LogP contribution is 2.08. The quantitative estimate of drug-likeness (QED) is 0.526. The molecule has 0 fully saturated rings. The van der Waals surface area contributed by atoms with Crippen LogP contribution in [0.25, 0.3) is 0 Å². The lowest BCUT2D eigenvalue weighted by Crippen LogP contribution is -2.19. The fraction of sp³-hybridized carbons (Fsp3) is 0.444. The number of hydrogen-bond donors (Lipinski definition) is 2. The summed E-state index contributed by atoms with van der Waals surface area (Å²) in [6.45, 7) is 4.91. The molecule has 0 aliphatic heterocycles. The Hall–Kier alpha value is -1.14. The van der Waals surface area contributed by atoms with Crippen LogP contribution in [-0.2, 0) is 14.9 Å². The number of carbonyl (C=O) groups excluding carboxylic acids is 1. The van der Waals surface area contributed by atoms with Gasteiger partial charge >= 0.3 is 0 Å². The first-order valence-corrected chi connectivity index (χ1v) is 5.96. The van der Waals surface area contributed by atoms with E-state index >= 15 is 0 Å². The molecule has 0 aromatic rings. The minimum Gasteiger partial charge on any atom is -0.329 e. The molecule has 1 unspecified atom stereocenters. The average molecular weight is 233 g/mol. The number of hydrogen-bond acceptors (Lipinski definition) is 3. The van der Waals surface area contributed by atoms with Crippen molar-refractivity contribution in [3.05, 3.63) is 24.9 Å². The van der Waals surface area contributed by atoms with Gasteiger partial charge in [-0.3, -0.25) is 9.35 Å². The molecule has 0 aromatic carbocycles. The Morgan fingerprint density at radius 1 is 1.60 bits per heavy atom. The van der Waals surface area contributed by atoms with Gasteiger partial charge in [0.2, 0.25) is 5.91 Å². The molecule has 0 heterocycles. The molecule has 1 atom stereocenters. The molecule has 0 aromatic heterocycles. The summed E-state index contributed by atoms with van der Waals surface area (Å²) in [6, 6.07) is 0. The van der Waals surface area contributed by atoms with Crippen LogP contribution in [0.2, 0.25) is 0 Å². The second-order valence-corrected chi connectivity index (χ2v) is 4.59. The van der Waals surface area contributed by atoms with E-state index in [4.69, 9.17) is 4.55 Å². The van der Waals surface area contributed by atoms with Crippen molar-refractivity contribution < 1.29 is 17.8 Å². The Morgan fingerprint density at radius 2 is 2.20 bits per heavy atom. The van der Waals surface area contributed by atoms with E-state index in [1.54, 1.807) is 6.92 Å². The Kier molecular flexibility index (Phi) is 5.88. The predicted molar refractivity (Wildman–Crippen MR) is 57.7 cm³/mol. The summed E-state index contributed by atoms with van der Waals surface area (Å²) >= 11 is 0. The second-order valence-electron chi connectivity index (χ2n) is 2.90. The fourth-order valence-electron chi connectivity index (χ4n) is 0.919. The zero-order valence-electron chi connectivity index (χ0n) is 8.51. The summed E-state index contributed by atoms with van der Waals surface area (Å²) in [5, 5.41) is 1.52. The van der Waals surface area contributed by atoms with E-state index in [1.807, 2.05) is 0 Å². The normalized spacial score (nSPS) is 13.7. The van der Waals surface area contributed by atoms with E-state index in [1.165, 1.54) is 12.3 Å². The van der Waals surface area contributed by atoms with Crippen LogP contribution in [0.4, 0.5) is 0 Å². The molecule has 0 rings (SSSR count). The zero-order chi connectivity index (χ0) is 11.9. The van der Waals surface area contributed by atoms with E-state index in [0.29, 0.717) is 6.42 Å². The van der Waals surface area contributed by atoms with Crippen molar-refractivity contribution in [3.8, 4) is 0 Å². The van der Waals surface area contributed by atoms with Gasteiger partial charge in [-0.25, -0.2) is 0 Å². The molecular formula is C9H15NO4S. The van der Waals surface area contributed by atoms with Crippen LogP contribution in [0.15, 0.2) is 24.9 Å². The summed E-state index contributed by atoms with van der Waals surface area (Å²) in [5.74, 6) is -0.369. The first kappa shape index (κ1) is 13.9. The molecular weight excluding hydrogens is 218 g/mol. The van der Waals surface area contributed by atoms with Gasteiger partial charge in [0.1, 0.15) is 0 Å². The molecule has 2 N–H and O–H groups in total. The van der Waals surface area contributed by atoms with Crippen molar-refractivity contribution in [2.45, 2.75) is 25.0 Å². The smallest absolute Gasteiger partial charge is 0.268 e. The fourth-order valence-corrected chi connectivity index (χ4v) is 1.69. The van der Waals surface area contributed by atoms with Crippen LogP contribution in [0.1, 0.15) is 19.8 Å². The van der Waals surface area contributed by atoms with E-state index < -0.39 is 15.4 Å². The van der Waals surface area contributed by atoms with Crippen molar-refractivity contribution in [1.29, 1.82) is 0 Å². The molecule has 0 aliphatic rings. The first-order valence-electron chi connectivity index (χ1n) is 4.46. The predicted octanol–water partition coefficient (Wildman–Crippen LogP) is 0.859. The molecule has 0 saturated carbocycles. The Balaban J connectivity index is 4.13. The van der Waals surface area contributed by atoms with Gasteiger partial charge in [0.25, 0.3) is 10.1 Å². The summed E-state index contributed by atoms with van der Waals surface area (Å²) in [4.78, 5) is 10.7. The standard InChI is InChI=1S/C9H15NO4S/c1-3-8(15(12,13)14)6-5-7-10-9(11)4-2/h4-5,7-8H,2-3,6H2,1H3,(H,10,11)(H,12,13,14).